The average Bonchev–Trinajstić information content (AvgIpc) is 3.19. The minimum Gasteiger partial charge on any atom is -0.478 e. The smallest absolute Gasteiger partial charge is 0.335 e. The third kappa shape index (κ3) is 2.65. The summed E-state index contributed by atoms with van der Waals surface area (Å²) >= 11 is 0. The van der Waals surface area contributed by atoms with E-state index in [1.165, 1.54) is 41.5 Å². The van der Waals surface area contributed by atoms with Gasteiger partial charge in [0.2, 0.25) is 5.82 Å². The number of hydrogen-bond acceptors (Lipinski definition) is 6. The molecule has 110 valence electrons. The third-order valence-electron chi connectivity index (χ3n) is 2.73. The van der Waals surface area contributed by atoms with Crippen LogP contribution in [0.3, 0.4) is 0 Å². The highest BCUT2D eigenvalue weighted by molar-refractivity contribution is 6.01. The number of rotatable bonds is 4. The highest BCUT2D eigenvalue weighted by Gasteiger charge is 2.13. The number of carboxylic acid groups (broad SMARTS) is 1. The van der Waals surface area contributed by atoms with Gasteiger partial charge in [-0.05, 0) is 24.3 Å². The molecule has 0 spiro atoms. The number of aromatic carboxylic acids is 1. The summed E-state index contributed by atoms with van der Waals surface area (Å²) in [5, 5.41) is 25.0. The van der Waals surface area contributed by atoms with E-state index in [-0.39, 0.29) is 17.3 Å². The molecule has 22 heavy (non-hydrogen) atoms. The van der Waals surface area contributed by atoms with Gasteiger partial charge in [-0.15, -0.1) is 15.3 Å². The Bertz CT molecular complexity index is 808. The normalized spacial score (nSPS) is 10.4. The van der Waals surface area contributed by atoms with Gasteiger partial charge in [0, 0.05) is 5.69 Å². The molecule has 0 radical (unpaired) electrons. The Morgan fingerprint density at radius 2 is 1.82 bits per heavy atom. The lowest BCUT2D eigenvalue weighted by Gasteiger charge is -2.02. The summed E-state index contributed by atoms with van der Waals surface area (Å²) in [7, 11) is 0. The van der Waals surface area contributed by atoms with Crippen LogP contribution in [0.4, 0.5) is 5.69 Å². The van der Waals surface area contributed by atoms with Crippen molar-refractivity contribution >= 4 is 17.6 Å². The van der Waals surface area contributed by atoms with E-state index in [9.17, 15) is 9.59 Å². The van der Waals surface area contributed by atoms with Crippen molar-refractivity contribution < 1.29 is 14.7 Å². The molecule has 10 nitrogen and oxygen atoms in total. The van der Waals surface area contributed by atoms with E-state index < -0.39 is 11.9 Å². The van der Waals surface area contributed by atoms with Gasteiger partial charge >= 0.3 is 5.97 Å². The number of anilines is 1. The number of aromatic nitrogens is 6. The van der Waals surface area contributed by atoms with Crippen molar-refractivity contribution in [2.24, 2.45) is 0 Å². The molecule has 2 aromatic heterocycles. The lowest BCUT2D eigenvalue weighted by Crippen LogP contribution is -2.14. The van der Waals surface area contributed by atoms with E-state index in [0.717, 1.165) is 0 Å². The van der Waals surface area contributed by atoms with E-state index in [1.54, 1.807) is 0 Å². The summed E-state index contributed by atoms with van der Waals surface area (Å²) in [6.07, 6.45) is 2.80. The van der Waals surface area contributed by atoms with Gasteiger partial charge in [0.1, 0.15) is 12.7 Å². The highest BCUT2D eigenvalue weighted by atomic mass is 16.4. The Labute approximate surface area is 122 Å². The van der Waals surface area contributed by atoms with Gasteiger partial charge in [-0.2, -0.15) is 4.98 Å². The Morgan fingerprint density at radius 1 is 1.14 bits per heavy atom. The van der Waals surface area contributed by atoms with Crippen LogP contribution in [0.5, 0.6) is 0 Å². The maximum absolute atomic E-state index is 12.0. The van der Waals surface area contributed by atoms with Crippen molar-refractivity contribution in [3.05, 3.63) is 48.3 Å². The molecule has 0 saturated carbocycles. The van der Waals surface area contributed by atoms with E-state index in [1.807, 2.05) is 0 Å². The van der Waals surface area contributed by atoms with Crippen molar-refractivity contribution in [3.63, 3.8) is 0 Å². The maximum atomic E-state index is 12.0. The van der Waals surface area contributed by atoms with Crippen molar-refractivity contribution in [3.8, 4) is 5.95 Å². The Morgan fingerprint density at radius 3 is 2.45 bits per heavy atom. The topological polar surface area (TPSA) is 139 Å². The monoisotopic (exact) mass is 299 g/mol. The Balaban J connectivity index is 1.73. The second-order valence-corrected chi connectivity index (χ2v) is 4.19. The Hall–Kier alpha value is -3.56. The second kappa shape index (κ2) is 5.44. The van der Waals surface area contributed by atoms with Gasteiger partial charge in [-0.25, -0.2) is 4.79 Å². The zero-order chi connectivity index (χ0) is 15.5. The minimum atomic E-state index is -1.04. The van der Waals surface area contributed by atoms with E-state index >= 15 is 0 Å². The van der Waals surface area contributed by atoms with Gasteiger partial charge in [0.15, 0.2) is 0 Å². The third-order valence-corrected chi connectivity index (χ3v) is 2.73. The maximum Gasteiger partial charge on any atom is 0.335 e. The number of aromatic amines is 1. The molecule has 0 aliphatic carbocycles. The lowest BCUT2D eigenvalue weighted by molar-refractivity contribution is 0.0696. The summed E-state index contributed by atoms with van der Waals surface area (Å²) < 4.78 is 1.44. The molecule has 0 aliphatic rings. The van der Waals surface area contributed by atoms with Gasteiger partial charge in [0.25, 0.3) is 11.9 Å². The van der Waals surface area contributed by atoms with E-state index in [2.05, 4.69) is 30.7 Å². The summed E-state index contributed by atoms with van der Waals surface area (Å²) in [6.45, 7) is 0. The highest BCUT2D eigenvalue weighted by Crippen LogP contribution is 2.10. The second-order valence-electron chi connectivity index (χ2n) is 4.19. The van der Waals surface area contributed by atoms with Crippen molar-refractivity contribution in [2.75, 3.05) is 5.32 Å². The van der Waals surface area contributed by atoms with Crippen LogP contribution in [0.25, 0.3) is 5.95 Å². The van der Waals surface area contributed by atoms with Gasteiger partial charge < -0.3 is 10.4 Å². The largest absolute Gasteiger partial charge is 0.478 e. The number of carbonyl (C=O) groups excluding carboxylic acids is 1. The number of benzene rings is 1. The molecule has 3 rings (SSSR count). The van der Waals surface area contributed by atoms with Crippen LogP contribution in [-0.2, 0) is 0 Å². The number of H-pyrrole nitrogens is 1. The molecule has 0 unspecified atom stereocenters. The molecule has 3 aromatic rings. The van der Waals surface area contributed by atoms with Crippen LogP contribution in [-0.4, -0.2) is 46.9 Å². The van der Waals surface area contributed by atoms with Gasteiger partial charge in [0.05, 0.1) is 5.56 Å². The number of carbonyl (C=O) groups is 2. The summed E-state index contributed by atoms with van der Waals surface area (Å²) in [6, 6.07) is 5.75. The van der Waals surface area contributed by atoms with Crippen LogP contribution in [0.15, 0.2) is 36.9 Å². The average molecular weight is 299 g/mol. The molecule has 10 heteroatoms. The van der Waals surface area contributed by atoms with Crippen molar-refractivity contribution in [2.45, 2.75) is 0 Å². The SMILES string of the molecule is O=C(O)c1ccc(NC(=O)c2nc(-n3cnnc3)n[nH]2)cc1. The van der Waals surface area contributed by atoms with Crippen molar-refractivity contribution in [1.82, 2.24) is 29.9 Å². The van der Waals surface area contributed by atoms with Gasteiger partial charge in [-0.1, -0.05) is 0 Å². The molecular formula is C12H9N7O3. The quantitative estimate of drug-likeness (QED) is 0.631. The van der Waals surface area contributed by atoms with Crippen molar-refractivity contribution in [1.29, 1.82) is 0 Å². The van der Waals surface area contributed by atoms with Crippen LogP contribution < -0.4 is 5.32 Å². The molecule has 0 saturated heterocycles. The molecule has 2 heterocycles. The number of nitrogens with one attached hydrogen (secondary N) is 2. The minimum absolute atomic E-state index is 0.00557. The fourth-order valence-corrected chi connectivity index (χ4v) is 1.66. The molecule has 1 amide bonds. The van der Waals surface area contributed by atoms with E-state index in [0.29, 0.717) is 5.69 Å². The van der Waals surface area contributed by atoms with Crippen LogP contribution in [0, 0.1) is 0 Å². The number of nitrogens with zero attached hydrogens (tertiary/aromatic N) is 5. The Kier molecular flexibility index (Phi) is 3.32. The fraction of sp³-hybridized carbons (Fsp3) is 0. The molecule has 1 aromatic carbocycles. The van der Waals surface area contributed by atoms with E-state index in [4.69, 9.17) is 5.11 Å². The first kappa shape index (κ1) is 13.4. The number of carboxylic acids is 1. The number of amides is 1. The molecule has 3 N–H and O–H groups in total. The molecule has 0 aliphatic heterocycles. The number of hydrogen-bond donors (Lipinski definition) is 3. The molecule has 0 bridgehead atoms. The lowest BCUT2D eigenvalue weighted by atomic mass is 10.2. The molecule has 0 fully saturated rings. The zero-order valence-corrected chi connectivity index (χ0v) is 11.0. The zero-order valence-electron chi connectivity index (χ0n) is 11.0. The fourth-order valence-electron chi connectivity index (χ4n) is 1.66. The standard InChI is InChI=1S/C12H9N7O3/c20-10(15-8-3-1-7(2-4-8)11(21)22)9-16-12(18-17-9)19-5-13-14-6-19/h1-6H,(H,15,20)(H,21,22)(H,16,17,18). The predicted molar refractivity (Wildman–Crippen MR) is 72.7 cm³/mol. The molecular weight excluding hydrogens is 290 g/mol. The summed E-state index contributed by atoms with van der Waals surface area (Å²) in [5.41, 5.74) is 0.574. The first-order valence-electron chi connectivity index (χ1n) is 6.05. The molecule has 0 atom stereocenters. The van der Waals surface area contributed by atoms with Crippen LogP contribution >= 0.6 is 0 Å². The first-order chi connectivity index (χ1) is 10.6. The van der Waals surface area contributed by atoms with Crippen LogP contribution in [0.1, 0.15) is 21.0 Å². The summed E-state index contributed by atoms with van der Waals surface area (Å²) in [5.74, 6) is -1.30. The predicted octanol–water partition coefficient (Wildman–Crippen LogP) is 0.336. The first-order valence-corrected chi connectivity index (χ1v) is 6.05. The van der Waals surface area contributed by atoms with Crippen LogP contribution in [0.2, 0.25) is 0 Å². The summed E-state index contributed by atoms with van der Waals surface area (Å²) in [4.78, 5) is 26.8. The van der Waals surface area contributed by atoms with Gasteiger partial charge in [-0.3, -0.25) is 14.5 Å².